The normalized spacial score (nSPS) is 11.5. The van der Waals surface area contributed by atoms with Gasteiger partial charge in [0.05, 0.1) is 24.3 Å². The molecule has 0 saturated carbocycles. The number of benzene rings is 3. The number of carbonyl (C=O) groups excluding carboxylic acids is 3. The molecule has 0 radical (unpaired) electrons. The summed E-state index contributed by atoms with van der Waals surface area (Å²) in [4.78, 5) is 36.9. The number of nitrogens with one attached hydrogen (secondary N) is 1. The van der Waals surface area contributed by atoms with Gasteiger partial charge in [-0.05, 0) is 41.0 Å². The number of carboxylic acids is 1. The van der Waals surface area contributed by atoms with Crippen molar-refractivity contribution in [3.8, 4) is 16.9 Å². The van der Waals surface area contributed by atoms with Crippen LogP contribution in [-0.2, 0) is 0 Å². The maximum atomic E-state index is 12.9. The van der Waals surface area contributed by atoms with Crippen molar-refractivity contribution in [3.63, 3.8) is 0 Å². The molecule has 6 heteroatoms. The molecule has 0 saturated heterocycles. The Morgan fingerprint density at radius 2 is 1.64 bits per heavy atom. The van der Waals surface area contributed by atoms with E-state index in [1.807, 2.05) is 12.1 Å². The monoisotopic (exact) mass is 372 g/mol. The maximum Gasteiger partial charge on any atom is 0.256 e. The van der Waals surface area contributed by atoms with E-state index in [4.69, 9.17) is 4.74 Å². The van der Waals surface area contributed by atoms with Gasteiger partial charge in [-0.15, -0.1) is 0 Å². The lowest BCUT2D eigenvalue weighted by Crippen LogP contribution is -2.23. The van der Waals surface area contributed by atoms with Crippen LogP contribution in [0.1, 0.15) is 36.6 Å². The number of anilines is 1. The molecular formula is C22H14NO5-. The van der Waals surface area contributed by atoms with Gasteiger partial charge in [-0.2, -0.15) is 0 Å². The van der Waals surface area contributed by atoms with Crippen molar-refractivity contribution >= 4 is 23.3 Å². The first-order chi connectivity index (χ1) is 13.5. The average molecular weight is 372 g/mol. The van der Waals surface area contributed by atoms with Crippen LogP contribution in [0.5, 0.6) is 5.75 Å². The highest BCUT2D eigenvalue weighted by Crippen LogP contribution is 2.38. The fourth-order valence-electron chi connectivity index (χ4n) is 3.38. The number of hydrogen-bond acceptors (Lipinski definition) is 5. The molecule has 1 N–H and O–H groups in total. The van der Waals surface area contributed by atoms with Crippen molar-refractivity contribution in [2.75, 3.05) is 12.4 Å². The van der Waals surface area contributed by atoms with E-state index in [-0.39, 0.29) is 22.6 Å². The number of carboxylic acid groups (broad SMARTS) is 1. The Kier molecular flexibility index (Phi) is 4.16. The van der Waals surface area contributed by atoms with Crippen LogP contribution in [0.15, 0.2) is 60.7 Å². The lowest BCUT2D eigenvalue weighted by Gasteiger charge is -2.14. The van der Waals surface area contributed by atoms with Gasteiger partial charge in [0.15, 0.2) is 5.78 Å². The summed E-state index contributed by atoms with van der Waals surface area (Å²) in [5, 5.41) is 13.8. The fraction of sp³-hybridized carbons (Fsp3) is 0.0455. The van der Waals surface area contributed by atoms with Gasteiger partial charge >= 0.3 is 0 Å². The molecule has 0 spiro atoms. The molecule has 1 amide bonds. The van der Waals surface area contributed by atoms with Crippen LogP contribution in [0.2, 0.25) is 0 Å². The average Bonchev–Trinajstić information content (AvgIpc) is 3.00. The summed E-state index contributed by atoms with van der Waals surface area (Å²) in [7, 11) is 1.41. The van der Waals surface area contributed by atoms with Gasteiger partial charge in [-0.1, -0.05) is 36.4 Å². The molecule has 138 valence electrons. The van der Waals surface area contributed by atoms with Crippen molar-refractivity contribution in [2.45, 2.75) is 0 Å². The smallest absolute Gasteiger partial charge is 0.256 e. The largest absolute Gasteiger partial charge is 0.545 e. The number of ether oxygens (including phenoxy) is 1. The van der Waals surface area contributed by atoms with E-state index in [0.717, 1.165) is 5.56 Å². The van der Waals surface area contributed by atoms with E-state index in [1.165, 1.54) is 25.3 Å². The standard InChI is InChI=1S/C22H15NO5/c1-28-18-10-9-12(22(26)27)11-17(18)23-21(25)16-8-4-7-14-13-5-2-3-6-15(13)20(24)19(14)16/h2-11H,1H3,(H,23,25)(H,26,27)/p-1. The molecular weight excluding hydrogens is 358 g/mol. The Balaban J connectivity index is 1.75. The molecule has 0 bridgehead atoms. The van der Waals surface area contributed by atoms with Crippen molar-refractivity contribution in [1.29, 1.82) is 0 Å². The van der Waals surface area contributed by atoms with Crippen LogP contribution in [0.25, 0.3) is 11.1 Å². The minimum Gasteiger partial charge on any atom is -0.545 e. The molecule has 6 nitrogen and oxygen atoms in total. The molecule has 0 unspecified atom stereocenters. The van der Waals surface area contributed by atoms with Crippen molar-refractivity contribution in [3.05, 3.63) is 82.9 Å². The van der Waals surface area contributed by atoms with Crippen LogP contribution in [0.4, 0.5) is 5.69 Å². The Bertz CT molecular complexity index is 1150. The zero-order chi connectivity index (χ0) is 19.8. The van der Waals surface area contributed by atoms with E-state index >= 15 is 0 Å². The first-order valence-corrected chi connectivity index (χ1v) is 8.49. The predicted octanol–water partition coefficient (Wildman–Crippen LogP) is 2.52. The Morgan fingerprint density at radius 3 is 2.36 bits per heavy atom. The third-order valence-corrected chi connectivity index (χ3v) is 4.68. The number of amides is 1. The molecule has 0 atom stereocenters. The number of carbonyl (C=O) groups is 3. The van der Waals surface area contributed by atoms with E-state index < -0.39 is 11.9 Å². The van der Waals surface area contributed by atoms with Crippen LogP contribution in [0.3, 0.4) is 0 Å². The van der Waals surface area contributed by atoms with Gasteiger partial charge in [0.1, 0.15) is 5.75 Å². The molecule has 3 aromatic carbocycles. The zero-order valence-corrected chi connectivity index (χ0v) is 14.8. The van der Waals surface area contributed by atoms with Gasteiger partial charge in [0, 0.05) is 11.1 Å². The molecule has 28 heavy (non-hydrogen) atoms. The third-order valence-electron chi connectivity index (χ3n) is 4.68. The van der Waals surface area contributed by atoms with Crippen LogP contribution < -0.4 is 15.2 Å². The number of aromatic carboxylic acids is 1. The van der Waals surface area contributed by atoms with E-state index in [9.17, 15) is 19.5 Å². The number of rotatable bonds is 4. The van der Waals surface area contributed by atoms with E-state index in [2.05, 4.69) is 5.32 Å². The quantitative estimate of drug-likeness (QED) is 0.594. The van der Waals surface area contributed by atoms with Crippen molar-refractivity contribution in [1.82, 2.24) is 0 Å². The Morgan fingerprint density at radius 1 is 0.929 bits per heavy atom. The topological polar surface area (TPSA) is 95.5 Å². The number of methoxy groups -OCH3 is 1. The molecule has 3 aromatic rings. The summed E-state index contributed by atoms with van der Waals surface area (Å²) in [6.07, 6.45) is 0. The van der Waals surface area contributed by atoms with Gasteiger partial charge in [-0.25, -0.2) is 0 Å². The Labute approximate surface area is 160 Å². The molecule has 1 aliphatic rings. The summed E-state index contributed by atoms with van der Waals surface area (Å²) in [6.45, 7) is 0. The lowest BCUT2D eigenvalue weighted by molar-refractivity contribution is -0.255. The van der Waals surface area contributed by atoms with E-state index in [0.29, 0.717) is 22.4 Å². The minimum absolute atomic E-state index is 0.0992. The molecule has 0 aliphatic heterocycles. The zero-order valence-electron chi connectivity index (χ0n) is 14.8. The number of hydrogen-bond donors (Lipinski definition) is 1. The number of fused-ring (bicyclic) bond motifs is 3. The molecule has 0 aromatic heterocycles. The highest BCUT2D eigenvalue weighted by molar-refractivity contribution is 6.26. The van der Waals surface area contributed by atoms with Gasteiger partial charge in [0.2, 0.25) is 0 Å². The molecule has 1 aliphatic carbocycles. The summed E-state index contributed by atoms with van der Waals surface area (Å²) in [5.41, 5.74) is 2.65. The van der Waals surface area contributed by atoms with Crippen molar-refractivity contribution < 1.29 is 24.2 Å². The maximum absolute atomic E-state index is 12.9. The van der Waals surface area contributed by atoms with Gasteiger partial charge in [-0.3, -0.25) is 9.59 Å². The number of ketones is 1. The van der Waals surface area contributed by atoms with Crippen LogP contribution in [-0.4, -0.2) is 24.8 Å². The van der Waals surface area contributed by atoms with Crippen LogP contribution >= 0.6 is 0 Å². The highest BCUT2D eigenvalue weighted by Gasteiger charge is 2.30. The minimum atomic E-state index is -1.37. The summed E-state index contributed by atoms with van der Waals surface area (Å²) in [5.74, 6) is -1.83. The second-order valence-corrected chi connectivity index (χ2v) is 6.26. The van der Waals surface area contributed by atoms with Gasteiger partial charge < -0.3 is 20.0 Å². The SMILES string of the molecule is COc1ccc(C(=O)[O-])cc1NC(=O)c1cccc2c1C(=O)c1ccccc1-2. The lowest BCUT2D eigenvalue weighted by atomic mass is 10.00. The second-order valence-electron chi connectivity index (χ2n) is 6.26. The molecule has 0 fully saturated rings. The Hall–Kier alpha value is -3.93. The summed E-state index contributed by atoms with van der Waals surface area (Å²) < 4.78 is 5.19. The summed E-state index contributed by atoms with van der Waals surface area (Å²) in [6, 6.07) is 16.3. The van der Waals surface area contributed by atoms with Crippen molar-refractivity contribution in [2.24, 2.45) is 0 Å². The second kappa shape index (κ2) is 6.66. The first kappa shape index (κ1) is 17.5. The van der Waals surface area contributed by atoms with E-state index in [1.54, 1.807) is 30.3 Å². The third kappa shape index (κ3) is 2.72. The van der Waals surface area contributed by atoms with Gasteiger partial charge in [0.25, 0.3) is 5.91 Å². The highest BCUT2D eigenvalue weighted by atomic mass is 16.5. The molecule has 4 rings (SSSR count). The summed E-state index contributed by atoms with van der Waals surface area (Å²) >= 11 is 0. The molecule has 0 heterocycles. The first-order valence-electron chi connectivity index (χ1n) is 8.49. The van der Waals surface area contributed by atoms with Crippen LogP contribution in [0, 0.1) is 0 Å². The predicted molar refractivity (Wildman–Crippen MR) is 101 cm³/mol. The fourth-order valence-corrected chi connectivity index (χ4v) is 3.38.